The van der Waals surface area contributed by atoms with Gasteiger partial charge in [-0.25, -0.2) is 0 Å². The summed E-state index contributed by atoms with van der Waals surface area (Å²) in [5.41, 5.74) is 2.00. The van der Waals surface area contributed by atoms with Gasteiger partial charge in [-0.2, -0.15) is 0 Å². The highest BCUT2D eigenvalue weighted by atomic mass is 35.5. The lowest BCUT2D eigenvalue weighted by Gasteiger charge is -2.15. The minimum atomic E-state index is -0.549. The molecular formula is C16H17ClO2. The van der Waals surface area contributed by atoms with E-state index in [4.69, 9.17) is 16.3 Å². The Hall–Kier alpha value is -1.51. The second kappa shape index (κ2) is 6.60. The van der Waals surface area contributed by atoms with Crippen LogP contribution in [-0.2, 0) is 6.42 Å². The van der Waals surface area contributed by atoms with E-state index in [-0.39, 0.29) is 0 Å². The molecule has 0 aliphatic carbocycles. The van der Waals surface area contributed by atoms with E-state index in [0.29, 0.717) is 17.2 Å². The zero-order valence-corrected chi connectivity index (χ0v) is 11.6. The van der Waals surface area contributed by atoms with Gasteiger partial charge in [-0.15, -0.1) is 0 Å². The van der Waals surface area contributed by atoms with Crippen LogP contribution in [-0.4, -0.2) is 12.2 Å². The van der Waals surface area contributed by atoms with E-state index in [2.05, 4.69) is 12.1 Å². The number of halogens is 1. The lowest BCUT2D eigenvalue weighted by atomic mass is 10.0. The molecule has 0 bridgehead atoms. The van der Waals surface area contributed by atoms with Gasteiger partial charge in [-0.05, 0) is 30.5 Å². The average Bonchev–Trinajstić information content (AvgIpc) is 2.45. The molecule has 1 atom stereocenters. The van der Waals surface area contributed by atoms with Crippen molar-refractivity contribution in [2.75, 3.05) is 7.11 Å². The van der Waals surface area contributed by atoms with Crippen molar-refractivity contribution in [3.05, 3.63) is 64.7 Å². The molecule has 3 heteroatoms. The Labute approximate surface area is 118 Å². The molecule has 0 aromatic heterocycles. The first-order chi connectivity index (χ1) is 9.20. The van der Waals surface area contributed by atoms with Gasteiger partial charge >= 0.3 is 0 Å². The summed E-state index contributed by atoms with van der Waals surface area (Å²) in [5, 5.41) is 10.9. The number of aryl methyl sites for hydroxylation is 1. The van der Waals surface area contributed by atoms with Gasteiger partial charge < -0.3 is 9.84 Å². The normalized spacial score (nSPS) is 12.2. The molecule has 1 N–H and O–H groups in total. The van der Waals surface area contributed by atoms with Crippen molar-refractivity contribution >= 4 is 11.6 Å². The maximum Gasteiger partial charge on any atom is 0.126 e. The van der Waals surface area contributed by atoms with Crippen LogP contribution in [0.25, 0.3) is 0 Å². The van der Waals surface area contributed by atoms with E-state index >= 15 is 0 Å². The molecule has 0 aliphatic rings. The molecule has 0 aliphatic heterocycles. The largest absolute Gasteiger partial charge is 0.496 e. The smallest absolute Gasteiger partial charge is 0.126 e. The van der Waals surface area contributed by atoms with Crippen LogP contribution >= 0.6 is 11.6 Å². The Morgan fingerprint density at radius 1 is 1.16 bits per heavy atom. The minimum Gasteiger partial charge on any atom is -0.496 e. The second-order valence-corrected chi connectivity index (χ2v) is 4.86. The number of benzene rings is 2. The molecule has 0 spiro atoms. The van der Waals surface area contributed by atoms with Gasteiger partial charge in [0, 0.05) is 10.6 Å². The number of hydrogen-bond donors (Lipinski definition) is 1. The fraction of sp³-hybridized carbons (Fsp3) is 0.250. The standard InChI is InChI=1S/C16H17ClO2/c1-19-16-11-13(17)8-9-14(16)15(18)10-7-12-5-3-2-4-6-12/h2-6,8-9,11,15,18H,7,10H2,1H3. The Bertz CT molecular complexity index is 526. The summed E-state index contributed by atoms with van der Waals surface area (Å²) in [5.74, 6) is 0.632. The van der Waals surface area contributed by atoms with Crippen molar-refractivity contribution in [1.29, 1.82) is 0 Å². The van der Waals surface area contributed by atoms with E-state index in [1.54, 1.807) is 19.2 Å². The second-order valence-electron chi connectivity index (χ2n) is 4.43. The van der Waals surface area contributed by atoms with E-state index < -0.39 is 6.10 Å². The maximum absolute atomic E-state index is 10.3. The van der Waals surface area contributed by atoms with Gasteiger partial charge in [0.25, 0.3) is 0 Å². The van der Waals surface area contributed by atoms with Crippen LogP contribution in [0.1, 0.15) is 23.7 Å². The summed E-state index contributed by atoms with van der Waals surface area (Å²) < 4.78 is 5.25. The Kier molecular flexibility index (Phi) is 4.83. The predicted octanol–water partition coefficient (Wildman–Crippen LogP) is 4.01. The van der Waals surface area contributed by atoms with Gasteiger partial charge in [0.05, 0.1) is 13.2 Å². The molecule has 2 nitrogen and oxygen atoms in total. The van der Waals surface area contributed by atoms with E-state index in [1.165, 1.54) is 5.56 Å². The number of rotatable bonds is 5. The summed E-state index contributed by atoms with van der Waals surface area (Å²) in [4.78, 5) is 0. The quantitative estimate of drug-likeness (QED) is 0.894. The van der Waals surface area contributed by atoms with Crippen molar-refractivity contribution < 1.29 is 9.84 Å². The van der Waals surface area contributed by atoms with E-state index in [0.717, 1.165) is 12.0 Å². The van der Waals surface area contributed by atoms with Crippen molar-refractivity contribution in [2.45, 2.75) is 18.9 Å². The molecule has 2 aromatic carbocycles. The summed E-state index contributed by atoms with van der Waals surface area (Å²) in [6.07, 6.45) is 0.933. The third kappa shape index (κ3) is 3.72. The summed E-state index contributed by atoms with van der Waals surface area (Å²) in [6, 6.07) is 15.4. The van der Waals surface area contributed by atoms with Crippen LogP contribution in [0.2, 0.25) is 5.02 Å². The van der Waals surface area contributed by atoms with Gasteiger partial charge in [0.15, 0.2) is 0 Å². The topological polar surface area (TPSA) is 29.5 Å². The number of hydrogen-bond acceptors (Lipinski definition) is 2. The van der Waals surface area contributed by atoms with E-state index in [9.17, 15) is 5.11 Å². The highest BCUT2D eigenvalue weighted by molar-refractivity contribution is 6.30. The molecule has 0 heterocycles. The van der Waals surface area contributed by atoms with Gasteiger partial charge in [-0.1, -0.05) is 48.0 Å². The average molecular weight is 277 g/mol. The number of aliphatic hydroxyl groups is 1. The van der Waals surface area contributed by atoms with Crippen LogP contribution in [0.4, 0.5) is 0 Å². The van der Waals surface area contributed by atoms with E-state index in [1.807, 2.05) is 24.3 Å². The van der Waals surface area contributed by atoms with Crippen LogP contribution < -0.4 is 4.74 Å². The highest BCUT2D eigenvalue weighted by Crippen LogP contribution is 2.30. The molecule has 100 valence electrons. The molecule has 0 saturated heterocycles. The van der Waals surface area contributed by atoms with Crippen molar-refractivity contribution in [2.24, 2.45) is 0 Å². The summed E-state index contributed by atoms with van der Waals surface area (Å²) in [7, 11) is 1.58. The van der Waals surface area contributed by atoms with Gasteiger partial charge in [0.2, 0.25) is 0 Å². The third-order valence-corrected chi connectivity index (χ3v) is 3.34. The first-order valence-electron chi connectivity index (χ1n) is 6.26. The molecule has 0 saturated carbocycles. The van der Waals surface area contributed by atoms with Crippen molar-refractivity contribution in [3.63, 3.8) is 0 Å². The predicted molar refractivity (Wildman–Crippen MR) is 77.7 cm³/mol. The van der Waals surface area contributed by atoms with Crippen LogP contribution in [0.5, 0.6) is 5.75 Å². The fourth-order valence-electron chi connectivity index (χ4n) is 2.06. The van der Waals surface area contributed by atoms with Crippen molar-refractivity contribution in [3.8, 4) is 5.75 Å². The summed E-state index contributed by atoms with van der Waals surface area (Å²) in [6.45, 7) is 0. The molecule has 2 rings (SSSR count). The molecule has 19 heavy (non-hydrogen) atoms. The Balaban J connectivity index is 2.05. The Morgan fingerprint density at radius 2 is 1.89 bits per heavy atom. The van der Waals surface area contributed by atoms with Crippen LogP contribution in [0, 0.1) is 0 Å². The SMILES string of the molecule is COc1cc(Cl)ccc1C(O)CCc1ccccc1. The third-order valence-electron chi connectivity index (χ3n) is 3.10. The first-order valence-corrected chi connectivity index (χ1v) is 6.64. The van der Waals surface area contributed by atoms with Crippen LogP contribution in [0.15, 0.2) is 48.5 Å². The van der Waals surface area contributed by atoms with Gasteiger partial charge in [-0.3, -0.25) is 0 Å². The number of ether oxygens (including phenoxy) is 1. The molecule has 2 aromatic rings. The first kappa shape index (κ1) is 13.9. The highest BCUT2D eigenvalue weighted by Gasteiger charge is 2.13. The zero-order chi connectivity index (χ0) is 13.7. The number of aliphatic hydroxyl groups excluding tert-OH is 1. The van der Waals surface area contributed by atoms with Crippen LogP contribution in [0.3, 0.4) is 0 Å². The van der Waals surface area contributed by atoms with Gasteiger partial charge in [0.1, 0.15) is 5.75 Å². The maximum atomic E-state index is 10.3. The zero-order valence-electron chi connectivity index (χ0n) is 10.8. The number of methoxy groups -OCH3 is 1. The Morgan fingerprint density at radius 3 is 2.58 bits per heavy atom. The molecule has 1 unspecified atom stereocenters. The molecule has 0 fully saturated rings. The lowest BCUT2D eigenvalue weighted by molar-refractivity contribution is 0.163. The lowest BCUT2D eigenvalue weighted by Crippen LogP contribution is -2.02. The molecular weight excluding hydrogens is 260 g/mol. The summed E-state index contributed by atoms with van der Waals surface area (Å²) >= 11 is 5.91. The van der Waals surface area contributed by atoms with Crippen molar-refractivity contribution in [1.82, 2.24) is 0 Å². The molecule has 0 amide bonds. The minimum absolute atomic E-state index is 0.549. The molecule has 0 radical (unpaired) electrons. The monoisotopic (exact) mass is 276 g/mol. The fourth-order valence-corrected chi connectivity index (χ4v) is 2.23.